The van der Waals surface area contributed by atoms with Crippen LogP contribution in [0.4, 0.5) is 11.4 Å². The second-order valence-corrected chi connectivity index (χ2v) is 8.66. The van der Waals surface area contributed by atoms with Gasteiger partial charge in [-0.15, -0.1) is 0 Å². The van der Waals surface area contributed by atoms with Crippen LogP contribution in [-0.2, 0) is 16.1 Å². The number of aryl methyl sites for hydroxylation is 2. The third-order valence-electron chi connectivity index (χ3n) is 5.94. The Morgan fingerprint density at radius 1 is 0.974 bits per heavy atom. The predicted molar refractivity (Wildman–Crippen MR) is 145 cm³/mol. The minimum absolute atomic E-state index is 0.0375. The number of nitrogens with zero attached hydrogens (tertiary/aromatic N) is 2. The third kappa shape index (κ3) is 6.01. The summed E-state index contributed by atoms with van der Waals surface area (Å²) in [6, 6.07) is 12.2. The van der Waals surface area contributed by atoms with Crippen LogP contribution >= 0.6 is 0 Å². The van der Waals surface area contributed by atoms with Crippen molar-refractivity contribution in [2.45, 2.75) is 27.4 Å². The van der Waals surface area contributed by atoms with Crippen molar-refractivity contribution in [2.24, 2.45) is 4.99 Å². The van der Waals surface area contributed by atoms with E-state index in [-0.39, 0.29) is 17.7 Å². The molecular weight excluding hydrogens is 502 g/mol. The zero-order chi connectivity index (χ0) is 28.1. The van der Waals surface area contributed by atoms with Crippen molar-refractivity contribution < 1.29 is 33.0 Å². The molecule has 1 amide bonds. The largest absolute Gasteiger partial charge is 0.497 e. The van der Waals surface area contributed by atoms with Gasteiger partial charge in [-0.25, -0.2) is 4.99 Å². The zero-order valence-electron chi connectivity index (χ0n) is 22.6. The minimum Gasteiger partial charge on any atom is -0.497 e. The Hall–Kier alpha value is -4.86. The highest BCUT2D eigenvalue weighted by molar-refractivity contribution is 6.06. The number of pyridine rings is 1. The van der Waals surface area contributed by atoms with E-state index in [1.165, 1.54) is 14.0 Å². The summed E-state index contributed by atoms with van der Waals surface area (Å²) < 4.78 is 27.6. The van der Waals surface area contributed by atoms with Gasteiger partial charge in [-0.1, -0.05) is 6.07 Å². The molecule has 0 saturated heterocycles. The Labute approximate surface area is 225 Å². The number of anilines is 1. The van der Waals surface area contributed by atoms with Crippen LogP contribution in [0.15, 0.2) is 58.1 Å². The molecule has 0 aliphatic carbocycles. The lowest BCUT2D eigenvalue weighted by atomic mass is 10.1. The quantitative estimate of drug-likeness (QED) is 0.315. The normalized spacial score (nSPS) is 11.3. The van der Waals surface area contributed by atoms with Gasteiger partial charge in [0, 0.05) is 30.1 Å². The summed E-state index contributed by atoms with van der Waals surface area (Å²) in [5.74, 6) is 0.559. The van der Waals surface area contributed by atoms with Gasteiger partial charge in [-0.05, 0) is 49.7 Å². The van der Waals surface area contributed by atoms with Crippen molar-refractivity contribution in [1.82, 2.24) is 4.98 Å². The SMILES string of the molecule is COc1ccc(NC(=O)c2cc3c(COC(C)=O)cnc(C)c3oc2=Nc2cc(C)ccc2OC)c(OC)c1. The molecule has 0 unspecified atom stereocenters. The highest BCUT2D eigenvalue weighted by Gasteiger charge is 2.19. The van der Waals surface area contributed by atoms with Crippen LogP contribution in [0.2, 0.25) is 0 Å². The molecule has 0 aliphatic heterocycles. The number of aromatic nitrogens is 1. The summed E-state index contributed by atoms with van der Waals surface area (Å²) in [5.41, 5.74) is 3.60. The maximum absolute atomic E-state index is 13.7. The highest BCUT2D eigenvalue weighted by atomic mass is 16.5. The van der Waals surface area contributed by atoms with Gasteiger partial charge < -0.3 is 28.7 Å². The molecule has 39 heavy (non-hydrogen) atoms. The fraction of sp³-hybridized carbons (Fsp3) is 0.241. The fourth-order valence-electron chi connectivity index (χ4n) is 3.92. The average molecular weight is 532 g/mol. The molecule has 0 aliphatic rings. The van der Waals surface area contributed by atoms with Gasteiger partial charge in [-0.3, -0.25) is 14.6 Å². The van der Waals surface area contributed by atoms with E-state index in [1.54, 1.807) is 57.7 Å². The fourth-order valence-corrected chi connectivity index (χ4v) is 3.92. The molecule has 1 N–H and O–H groups in total. The van der Waals surface area contributed by atoms with Crippen LogP contribution < -0.4 is 25.1 Å². The van der Waals surface area contributed by atoms with Gasteiger partial charge in [0.1, 0.15) is 35.1 Å². The number of rotatable bonds is 8. The van der Waals surface area contributed by atoms with E-state index in [1.807, 2.05) is 19.1 Å². The van der Waals surface area contributed by atoms with Gasteiger partial charge in [0.2, 0.25) is 5.55 Å². The summed E-state index contributed by atoms with van der Waals surface area (Å²) in [5, 5.41) is 3.43. The number of methoxy groups -OCH3 is 3. The molecule has 10 heteroatoms. The highest BCUT2D eigenvalue weighted by Crippen LogP contribution is 2.31. The number of hydrogen-bond acceptors (Lipinski definition) is 9. The Bertz CT molecular complexity index is 1630. The standard InChI is InChI=1S/C29H29N3O7/c1-16-7-10-25(36-5)24(11-16)32-29-22(28(34)31-23-9-8-20(35-4)12-26(23)37-6)13-21-19(15-38-18(3)33)14-30-17(2)27(21)39-29/h7-14H,15H2,1-6H3,(H,31,34). The van der Waals surface area contributed by atoms with Crippen molar-refractivity contribution in [3.63, 3.8) is 0 Å². The number of amides is 1. The molecular formula is C29H29N3O7. The molecule has 4 aromatic rings. The molecule has 10 nitrogen and oxygen atoms in total. The molecule has 0 atom stereocenters. The number of benzene rings is 2. The smallest absolute Gasteiger partial charge is 0.302 e. The Kier molecular flexibility index (Phi) is 8.14. The van der Waals surface area contributed by atoms with Crippen LogP contribution in [0.1, 0.15) is 34.1 Å². The molecule has 0 saturated carbocycles. The van der Waals surface area contributed by atoms with Gasteiger partial charge >= 0.3 is 5.97 Å². The topological polar surface area (TPSA) is 121 Å². The van der Waals surface area contributed by atoms with Crippen molar-refractivity contribution in [3.05, 3.63) is 76.6 Å². The first-order valence-corrected chi connectivity index (χ1v) is 12.0. The minimum atomic E-state index is -0.498. The molecule has 4 rings (SSSR count). The number of esters is 1. The molecule has 0 fully saturated rings. The average Bonchev–Trinajstić information content (AvgIpc) is 2.92. The summed E-state index contributed by atoms with van der Waals surface area (Å²) in [4.78, 5) is 34.3. The Morgan fingerprint density at radius 2 is 1.74 bits per heavy atom. The summed E-state index contributed by atoms with van der Waals surface area (Å²) in [6.07, 6.45) is 1.59. The lowest BCUT2D eigenvalue weighted by Crippen LogP contribution is -2.22. The van der Waals surface area contributed by atoms with Crippen molar-refractivity contribution >= 4 is 34.2 Å². The number of nitrogens with one attached hydrogen (secondary N) is 1. The van der Waals surface area contributed by atoms with Crippen molar-refractivity contribution in [2.75, 3.05) is 26.6 Å². The maximum Gasteiger partial charge on any atom is 0.302 e. The van der Waals surface area contributed by atoms with E-state index in [9.17, 15) is 9.59 Å². The number of hydrogen-bond donors (Lipinski definition) is 1. The monoisotopic (exact) mass is 531 g/mol. The van der Waals surface area contributed by atoms with Crippen LogP contribution in [0.25, 0.3) is 11.0 Å². The number of fused-ring (bicyclic) bond motifs is 1. The lowest BCUT2D eigenvalue weighted by Gasteiger charge is -2.13. The van der Waals surface area contributed by atoms with Crippen LogP contribution in [0, 0.1) is 13.8 Å². The summed E-state index contributed by atoms with van der Waals surface area (Å²) >= 11 is 0. The first kappa shape index (κ1) is 27.2. The van der Waals surface area contributed by atoms with E-state index in [0.717, 1.165) is 5.56 Å². The summed E-state index contributed by atoms with van der Waals surface area (Å²) in [7, 11) is 4.58. The molecule has 0 spiro atoms. The molecule has 2 aromatic carbocycles. The predicted octanol–water partition coefficient (Wildman–Crippen LogP) is 5.02. The van der Waals surface area contributed by atoms with Crippen molar-refractivity contribution in [1.29, 1.82) is 0 Å². The van der Waals surface area contributed by atoms with Crippen LogP contribution in [-0.4, -0.2) is 38.2 Å². The molecule has 2 aromatic heterocycles. The second kappa shape index (κ2) is 11.7. The summed E-state index contributed by atoms with van der Waals surface area (Å²) in [6.45, 7) is 4.99. The lowest BCUT2D eigenvalue weighted by molar-refractivity contribution is -0.142. The first-order chi connectivity index (χ1) is 18.7. The first-order valence-electron chi connectivity index (χ1n) is 12.0. The molecule has 0 bridgehead atoms. The second-order valence-electron chi connectivity index (χ2n) is 8.66. The van der Waals surface area contributed by atoms with E-state index in [4.69, 9.17) is 23.4 Å². The number of ether oxygens (including phenoxy) is 4. The maximum atomic E-state index is 13.7. The van der Waals surface area contributed by atoms with Gasteiger partial charge in [0.25, 0.3) is 5.91 Å². The molecule has 2 heterocycles. The molecule has 0 radical (unpaired) electrons. The van der Waals surface area contributed by atoms with E-state index < -0.39 is 11.9 Å². The number of carbonyl (C=O) groups is 2. The van der Waals surface area contributed by atoms with Gasteiger partial charge in [0.15, 0.2) is 5.58 Å². The van der Waals surface area contributed by atoms with Crippen LogP contribution in [0.3, 0.4) is 0 Å². The van der Waals surface area contributed by atoms with E-state index in [2.05, 4.69) is 15.3 Å². The van der Waals surface area contributed by atoms with E-state index in [0.29, 0.717) is 50.8 Å². The van der Waals surface area contributed by atoms with Gasteiger partial charge in [0.05, 0.1) is 32.7 Å². The van der Waals surface area contributed by atoms with Crippen molar-refractivity contribution in [3.8, 4) is 17.2 Å². The van der Waals surface area contributed by atoms with E-state index >= 15 is 0 Å². The van der Waals surface area contributed by atoms with Gasteiger partial charge in [-0.2, -0.15) is 0 Å². The zero-order valence-corrected chi connectivity index (χ0v) is 22.6. The van der Waals surface area contributed by atoms with Crippen LogP contribution in [0.5, 0.6) is 17.2 Å². The molecule has 202 valence electrons. The number of carbonyl (C=O) groups excluding carboxylic acids is 2. The Balaban J connectivity index is 1.94. The third-order valence-corrected chi connectivity index (χ3v) is 5.94. The Morgan fingerprint density at radius 3 is 2.44 bits per heavy atom.